The van der Waals surface area contributed by atoms with Crippen molar-refractivity contribution in [1.82, 2.24) is 0 Å². The Bertz CT molecular complexity index is 1000. The number of rotatable bonds is 5. The number of aromatic nitrogens is 1. The van der Waals surface area contributed by atoms with Crippen LogP contribution >= 0.6 is 46.8 Å². The highest BCUT2D eigenvalue weighted by atomic mass is 35.5. The first-order valence-electron chi connectivity index (χ1n) is 7.83. The summed E-state index contributed by atoms with van der Waals surface area (Å²) in [6.07, 6.45) is 3.37. The maximum absolute atomic E-state index is 13.1. The molecule has 2 heterocycles. The van der Waals surface area contributed by atoms with Gasteiger partial charge in [-0.3, -0.25) is 0 Å². The van der Waals surface area contributed by atoms with Crippen molar-refractivity contribution in [1.29, 1.82) is 0 Å². The van der Waals surface area contributed by atoms with Crippen LogP contribution in [-0.2, 0) is 6.61 Å². The van der Waals surface area contributed by atoms with Gasteiger partial charge in [-0.2, -0.15) is 4.57 Å². The lowest BCUT2D eigenvalue weighted by molar-refractivity contribution is -0.578. The number of nitrogens with one attached hydrogen (secondary N) is 1. The van der Waals surface area contributed by atoms with E-state index in [0.29, 0.717) is 25.5 Å². The van der Waals surface area contributed by atoms with Gasteiger partial charge < -0.3 is 15.5 Å². The molecule has 2 aromatic heterocycles. The Balaban J connectivity index is 2.06. The van der Waals surface area contributed by atoms with Crippen LogP contribution in [0.2, 0.25) is 9.36 Å². The van der Waals surface area contributed by atoms with Gasteiger partial charge in [0, 0.05) is 27.2 Å². The zero-order valence-corrected chi connectivity index (χ0v) is 17.0. The molecule has 3 aromatic rings. The van der Waals surface area contributed by atoms with Gasteiger partial charge in [-0.1, -0.05) is 35.4 Å². The minimum absolute atomic E-state index is 0.148. The van der Waals surface area contributed by atoms with Gasteiger partial charge in [0.1, 0.15) is 0 Å². The van der Waals surface area contributed by atoms with Crippen LogP contribution in [-0.4, -0.2) is 10.1 Å². The summed E-state index contributed by atoms with van der Waals surface area (Å²) in [7, 11) is 0. The van der Waals surface area contributed by atoms with Crippen molar-refractivity contribution >= 4 is 68.9 Å². The summed E-state index contributed by atoms with van der Waals surface area (Å²) >= 11 is 18.6. The average molecular weight is 437 g/mol. The predicted octanol–water partition coefficient (Wildman–Crippen LogP) is 3.96. The van der Waals surface area contributed by atoms with Crippen LogP contribution in [0.5, 0.6) is 0 Å². The molecule has 0 fully saturated rings. The lowest BCUT2D eigenvalue weighted by Crippen LogP contribution is -2.40. The monoisotopic (exact) mass is 436 g/mol. The van der Waals surface area contributed by atoms with E-state index >= 15 is 0 Å². The molecule has 138 valence electrons. The molecule has 0 unspecified atom stereocenters. The van der Waals surface area contributed by atoms with Crippen molar-refractivity contribution in [2.45, 2.75) is 6.61 Å². The fourth-order valence-corrected chi connectivity index (χ4v) is 3.80. The highest BCUT2D eigenvalue weighted by Crippen LogP contribution is 2.27. The second-order valence-corrected chi connectivity index (χ2v) is 8.08. The molecule has 4 nitrogen and oxygen atoms in total. The van der Waals surface area contributed by atoms with E-state index in [-0.39, 0.29) is 23.1 Å². The Kier molecular flexibility index (Phi) is 6.46. The first-order chi connectivity index (χ1) is 13.0. The van der Waals surface area contributed by atoms with Crippen LogP contribution in [0.1, 0.15) is 10.4 Å². The summed E-state index contributed by atoms with van der Waals surface area (Å²) in [5, 5.41) is 26.2. The predicted molar refractivity (Wildman–Crippen MR) is 113 cm³/mol. The molecular formula is C19H14Cl2N2O2S2. The molecule has 0 saturated heterocycles. The van der Waals surface area contributed by atoms with Gasteiger partial charge in [0.15, 0.2) is 17.4 Å². The molecule has 3 rings (SSSR count). The summed E-state index contributed by atoms with van der Waals surface area (Å²) in [6.45, 7) is -0.148. The molecule has 27 heavy (non-hydrogen) atoms. The molecule has 0 aliphatic rings. The highest BCUT2D eigenvalue weighted by Gasteiger charge is 2.20. The van der Waals surface area contributed by atoms with E-state index in [2.05, 4.69) is 5.32 Å². The Labute approximate surface area is 175 Å². The summed E-state index contributed by atoms with van der Waals surface area (Å²) in [5.74, 6) is -0.265. The number of benzene rings is 1. The third-order valence-electron chi connectivity index (χ3n) is 3.63. The average Bonchev–Trinajstić information content (AvgIpc) is 3.10. The molecule has 0 saturated carbocycles. The number of thiocarbonyl (C=S) groups is 1. The standard InChI is InChI=1S/C19H14Cl2N2O2S2/c20-13-3-5-14(6-4-13)22-19(26)17(18(25)15-7-8-16(21)27-15)23-9-1-2-12(10-23)11-24/h1-10,24H,11H2,(H-,22,25,26). The third kappa shape index (κ3) is 4.86. The van der Waals surface area contributed by atoms with Gasteiger partial charge in [-0.15, -0.1) is 11.3 Å². The summed E-state index contributed by atoms with van der Waals surface area (Å²) in [4.78, 5) is 0.712. The molecule has 8 heteroatoms. The zero-order chi connectivity index (χ0) is 19.4. The fraction of sp³-hybridized carbons (Fsp3) is 0.0526. The first-order valence-corrected chi connectivity index (χ1v) is 9.81. The van der Waals surface area contributed by atoms with Gasteiger partial charge in [0.2, 0.25) is 5.70 Å². The van der Waals surface area contributed by atoms with Crippen molar-refractivity contribution in [3.63, 3.8) is 0 Å². The molecule has 0 aliphatic carbocycles. The smallest absolute Gasteiger partial charge is 0.239 e. The molecule has 0 spiro atoms. The minimum atomic E-state index is -0.265. The SMILES string of the molecule is [O-]/C(=C(\C(=S)Nc1ccc(Cl)cc1)[n+]1cccc(CO)c1)c1ccc(Cl)s1. The van der Waals surface area contributed by atoms with Crippen LogP contribution in [0.15, 0.2) is 60.9 Å². The van der Waals surface area contributed by atoms with Crippen LogP contribution in [0.3, 0.4) is 0 Å². The number of halogens is 2. The third-order valence-corrected chi connectivity index (χ3v) is 5.41. The van der Waals surface area contributed by atoms with E-state index in [1.54, 1.807) is 65.5 Å². The second-order valence-electron chi connectivity index (χ2n) is 5.52. The lowest BCUT2D eigenvalue weighted by atomic mass is 10.2. The first kappa shape index (κ1) is 19.8. The Morgan fingerprint density at radius 2 is 1.89 bits per heavy atom. The minimum Gasteiger partial charge on any atom is -0.867 e. The second kappa shape index (κ2) is 8.82. The van der Waals surface area contributed by atoms with Crippen LogP contribution < -0.4 is 15.0 Å². The van der Waals surface area contributed by atoms with Crippen molar-refractivity contribution in [3.05, 3.63) is 80.7 Å². The summed E-state index contributed by atoms with van der Waals surface area (Å²) in [6, 6.07) is 13.8. The number of nitrogens with zero attached hydrogens (tertiary/aromatic N) is 1. The molecule has 0 amide bonds. The molecule has 1 aromatic carbocycles. The van der Waals surface area contributed by atoms with E-state index in [1.165, 1.54) is 11.3 Å². The number of hydrogen-bond acceptors (Lipinski definition) is 4. The largest absolute Gasteiger partial charge is 0.867 e. The molecule has 2 N–H and O–H groups in total. The fourth-order valence-electron chi connectivity index (χ4n) is 2.37. The summed E-state index contributed by atoms with van der Waals surface area (Å²) in [5.41, 5.74) is 1.62. The quantitative estimate of drug-likeness (QED) is 0.275. The molecule has 0 bridgehead atoms. The number of anilines is 1. The number of hydrogen-bond donors (Lipinski definition) is 2. The van der Waals surface area contributed by atoms with Crippen LogP contribution in [0.4, 0.5) is 5.69 Å². The number of thiophene rings is 1. The zero-order valence-electron chi connectivity index (χ0n) is 13.9. The topological polar surface area (TPSA) is 59.2 Å². The van der Waals surface area contributed by atoms with Crippen LogP contribution in [0.25, 0.3) is 11.5 Å². The maximum Gasteiger partial charge on any atom is 0.239 e. The Morgan fingerprint density at radius 3 is 2.52 bits per heavy atom. The molecule has 0 atom stereocenters. The van der Waals surface area contributed by atoms with Gasteiger partial charge in [0.25, 0.3) is 0 Å². The van der Waals surface area contributed by atoms with E-state index < -0.39 is 0 Å². The Morgan fingerprint density at radius 1 is 1.15 bits per heavy atom. The van der Waals surface area contributed by atoms with Gasteiger partial charge in [-0.25, -0.2) is 0 Å². The van der Waals surface area contributed by atoms with Crippen molar-refractivity contribution < 1.29 is 14.8 Å². The van der Waals surface area contributed by atoms with Gasteiger partial charge in [-0.05, 0) is 48.2 Å². The molecular weight excluding hydrogens is 423 g/mol. The number of pyridine rings is 1. The highest BCUT2D eigenvalue weighted by molar-refractivity contribution is 7.81. The van der Waals surface area contributed by atoms with E-state index in [4.69, 9.17) is 35.4 Å². The van der Waals surface area contributed by atoms with Crippen molar-refractivity contribution in [2.24, 2.45) is 0 Å². The molecule has 0 aliphatic heterocycles. The van der Waals surface area contributed by atoms with Crippen LogP contribution in [0, 0.1) is 0 Å². The summed E-state index contributed by atoms with van der Waals surface area (Å²) < 4.78 is 2.12. The van der Waals surface area contributed by atoms with Crippen molar-refractivity contribution in [3.8, 4) is 0 Å². The maximum atomic E-state index is 13.1. The number of aliphatic hydroxyl groups excluding tert-OH is 1. The molecule has 0 radical (unpaired) electrons. The van der Waals surface area contributed by atoms with E-state index in [1.807, 2.05) is 0 Å². The van der Waals surface area contributed by atoms with Gasteiger partial charge in [0.05, 0.1) is 10.9 Å². The Hall–Kier alpha value is -1.96. The normalized spacial score (nSPS) is 11.8. The number of aliphatic hydroxyl groups is 1. The lowest BCUT2D eigenvalue weighted by Gasteiger charge is -2.15. The van der Waals surface area contributed by atoms with Gasteiger partial charge >= 0.3 is 0 Å². The van der Waals surface area contributed by atoms with Crippen molar-refractivity contribution in [2.75, 3.05) is 5.32 Å². The van der Waals surface area contributed by atoms with E-state index in [0.717, 1.165) is 0 Å². The van der Waals surface area contributed by atoms with E-state index in [9.17, 15) is 10.2 Å².